The van der Waals surface area contributed by atoms with Crippen LogP contribution in [0.5, 0.6) is 0 Å². The highest BCUT2D eigenvalue weighted by Gasteiger charge is 2.20. The monoisotopic (exact) mass is 408 g/mol. The maximum Gasteiger partial charge on any atom is 0.328 e. The zero-order chi connectivity index (χ0) is 21.5. The zero-order valence-electron chi connectivity index (χ0n) is 16.4. The van der Waals surface area contributed by atoms with E-state index in [1.54, 1.807) is 30.3 Å². The van der Waals surface area contributed by atoms with Crippen molar-refractivity contribution in [1.29, 1.82) is 0 Å². The van der Waals surface area contributed by atoms with Gasteiger partial charge in [0.2, 0.25) is 5.89 Å². The first-order valence-corrected chi connectivity index (χ1v) is 9.15. The van der Waals surface area contributed by atoms with Gasteiger partial charge in [0.15, 0.2) is 6.61 Å². The molecule has 3 rings (SSSR count). The maximum absolute atomic E-state index is 12.2. The number of carbonyl (C=O) groups is 3. The summed E-state index contributed by atoms with van der Waals surface area (Å²) in [7, 11) is 0. The molecule has 0 saturated heterocycles. The molecule has 0 fully saturated rings. The average Bonchev–Trinajstić information content (AvgIpc) is 3.21. The molecule has 3 aromatic rings. The van der Waals surface area contributed by atoms with Crippen molar-refractivity contribution in [2.75, 3.05) is 11.9 Å². The smallest absolute Gasteiger partial charge is 0.328 e. The number of hydrogen-bond acceptors (Lipinski definition) is 7. The van der Waals surface area contributed by atoms with Gasteiger partial charge in [-0.05, 0) is 38.1 Å². The average molecular weight is 408 g/mol. The Balaban J connectivity index is 1.46. The number of anilines is 1. The van der Waals surface area contributed by atoms with E-state index in [0.29, 0.717) is 11.1 Å². The zero-order valence-corrected chi connectivity index (χ0v) is 16.4. The van der Waals surface area contributed by atoms with E-state index in [4.69, 9.17) is 9.15 Å². The molecule has 0 bridgehead atoms. The second-order valence-electron chi connectivity index (χ2n) is 6.50. The second kappa shape index (κ2) is 9.46. The van der Waals surface area contributed by atoms with E-state index in [9.17, 15) is 14.4 Å². The van der Waals surface area contributed by atoms with Gasteiger partial charge in [-0.3, -0.25) is 14.9 Å². The molecule has 9 nitrogen and oxygen atoms in total. The first kappa shape index (κ1) is 20.7. The summed E-state index contributed by atoms with van der Waals surface area (Å²) in [4.78, 5) is 36.2. The molecular formula is C21H20N4O5. The lowest BCUT2D eigenvalue weighted by molar-refractivity contribution is -0.148. The molecule has 154 valence electrons. The van der Waals surface area contributed by atoms with Crippen molar-refractivity contribution in [2.45, 2.75) is 19.9 Å². The van der Waals surface area contributed by atoms with Crippen LogP contribution in [0, 0.1) is 6.92 Å². The van der Waals surface area contributed by atoms with Crippen molar-refractivity contribution in [2.24, 2.45) is 0 Å². The highest BCUT2D eigenvalue weighted by Crippen LogP contribution is 2.18. The predicted octanol–water partition coefficient (Wildman–Crippen LogP) is 2.35. The van der Waals surface area contributed by atoms with E-state index in [-0.39, 0.29) is 11.9 Å². The number of amides is 2. The van der Waals surface area contributed by atoms with Crippen molar-refractivity contribution in [1.82, 2.24) is 15.5 Å². The molecule has 0 saturated carbocycles. The summed E-state index contributed by atoms with van der Waals surface area (Å²) >= 11 is 0. The highest BCUT2D eigenvalue weighted by molar-refractivity contribution is 5.97. The number of ether oxygens (including phenoxy) is 1. The van der Waals surface area contributed by atoms with Crippen LogP contribution in [0.1, 0.15) is 22.8 Å². The van der Waals surface area contributed by atoms with Gasteiger partial charge < -0.3 is 14.5 Å². The SMILES string of the molecule is Cc1cccc(C(=O)N[C@@H](C)C(=O)OCC(=O)Nc2nnc(-c3ccccc3)o2)c1. The Hall–Kier alpha value is -4.01. The molecule has 1 aromatic heterocycles. The molecule has 2 N–H and O–H groups in total. The van der Waals surface area contributed by atoms with Gasteiger partial charge in [-0.2, -0.15) is 0 Å². The van der Waals surface area contributed by atoms with Crippen LogP contribution in [0.4, 0.5) is 6.01 Å². The number of benzene rings is 2. The number of carbonyl (C=O) groups excluding carboxylic acids is 3. The maximum atomic E-state index is 12.2. The third kappa shape index (κ3) is 5.51. The van der Waals surface area contributed by atoms with E-state index in [1.807, 2.05) is 31.2 Å². The normalized spacial score (nSPS) is 11.4. The van der Waals surface area contributed by atoms with Crippen LogP contribution in [-0.4, -0.2) is 40.6 Å². The molecule has 0 spiro atoms. The van der Waals surface area contributed by atoms with E-state index in [1.165, 1.54) is 6.92 Å². The van der Waals surface area contributed by atoms with Crippen LogP contribution in [0.25, 0.3) is 11.5 Å². The Morgan fingerprint density at radius 2 is 1.83 bits per heavy atom. The van der Waals surface area contributed by atoms with Gasteiger partial charge in [0.25, 0.3) is 11.8 Å². The fourth-order valence-corrected chi connectivity index (χ4v) is 2.51. The largest absolute Gasteiger partial charge is 0.454 e. The second-order valence-corrected chi connectivity index (χ2v) is 6.50. The summed E-state index contributed by atoms with van der Waals surface area (Å²) in [6, 6.07) is 15.0. The molecule has 0 aliphatic rings. The lowest BCUT2D eigenvalue weighted by atomic mass is 10.1. The van der Waals surface area contributed by atoms with E-state index >= 15 is 0 Å². The number of nitrogens with zero attached hydrogens (tertiary/aromatic N) is 2. The minimum absolute atomic E-state index is 0.115. The van der Waals surface area contributed by atoms with Crippen molar-refractivity contribution < 1.29 is 23.5 Å². The van der Waals surface area contributed by atoms with Crippen LogP contribution in [0.15, 0.2) is 59.0 Å². The number of aryl methyl sites for hydroxylation is 1. The fourth-order valence-electron chi connectivity index (χ4n) is 2.51. The van der Waals surface area contributed by atoms with Gasteiger partial charge in [0, 0.05) is 11.1 Å². The Morgan fingerprint density at radius 3 is 2.57 bits per heavy atom. The minimum atomic E-state index is -0.932. The van der Waals surface area contributed by atoms with Gasteiger partial charge in [-0.1, -0.05) is 41.0 Å². The molecule has 2 aromatic carbocycles. The molecule has 9 heteroatoms. The predicted molar refractivity (Wildman–Crippen MR) is 107 cm³/mol. The number of aromatic nitrogens is 2. The first-order chi connectivity index (χ1) is 14.4. The Labute approximate surface area is 172 Å². The van der Waals surface area contributed by atoms with Gasteiger partial charge in [0.05, 0.1) is 0 Å². The lowest BCUT2D eigenvalue weighted by Gasteiger charge is -2.13. The quantitative estimate of drug-likeness (QED) is 0.575. The highest BCUT2D eigenvalue weighted by atomic mass is 16.5. The summed E-state index contributed by atoms with van der Waals surface area (Å²) in [6.45, 7) is 2.77. The van der Waals surface area contributed by atoms with E-state index in [2.05, 4.69) is 20.8 Å². The molecule has 30 heavy (non-hydrogen) atoms. The molecule has 2 amide bonds. The Kier molecular flexibility index (Phi) is 6.53. The van der Waals surface area contributed by atoms with Crippen LogP contribution in [-0.2, 0) is 14.3 Å². The Morgan fingerprint density at radius 1 is 1.07 bits per heavy atom. The first-order valence-electron chi connectivity index (χ1n) is 9.15. The molecule has 1 heterocycles. The van der Waals surface area contributed by atoms with Crippen molar-refractivity contribution in [3.05, 3.63) is 65.7 Å². The van der Waals surface area contributed by atoms with Crippen LogP contribution in [0.3, 0.4) is 0 Å². The van der Waals surface area contributed by atoms with Crippen molar-refractivity contribution in [3.63, 3.8) is 0 Å². The van der Waals surface area contributed by atoms with Gasteiger partial charge in [0.1, 0.15) is 6.04 Å². The standard InChI is InChI=1S/C21H20N4O5/c1-13-7-6-10-16(11-13)18(27)22-14(2)20(28)29-12-17(26)23-21-25-24-19(30-21)15-8-4-3-5-9-15/h3-11,14H,12H2,1-2H3,(H,22,27)(H,23,25,26)/t14-/m0/s1. The third-order valence-electron chi connectivity index (χ3n) is 4.02. The van der Waals surface area contributed by atoms with E-state index < -0.39 is 30.4 Å². The summed E-state index contributed by atoms with van der Waals surface area (Å²) in [5.74, 6) is -1.56. The Bertz CT molecular complexity index is 1050. The van der Waals surface area contributed by atoms with Crippen molar-refractivity contribution >= 4 is 23.8 Å². The van der Waals surface area contributed by atoms with Crippen LogP contribution in [0.2, 0.25) is 0 Å². The van der Waals surface area contributed by atoms with E-state index in [0.717, 1.165) is 5.56 Å². The van der Waals surface area contributed by atoms with Crippen LogP contribution < -0.4 is 10.6 Å². The molecule has 0 aliphatic heterocycles. The van der Waals surface area contributed by atoms with Gasteiger partial charge in [-0.25, -0.2) is 4.79 Å². The minimum Gasteiger partial charge on any atom is -0.454 e. The number of nitrogens with one attached hydrogen (secondary N) is 2. The number of rotatable bonds is 7. The third-order valence-corrected chi connectivity index (χ3v) is 4.02. The summed E-state index contributed by atoms with van der Waals surface area (Å²) in [5, 5.41) is 12.5. The van der Waals surface area contributed by atoms with Gasteiger partial charge in [-0.15, -0.1) is 5.10 Å². The molecule has 0 unspecified atom stereocenters. The number of hydrogen-bond donors (Lipinski definition) is 2. The summed E-state index contributed by atoms with van der Waals surface area (Å²) in [5.41, 5.74) is 2.05. The van der Waals surface area contributed by atoms with Crippen LogP contribution >= 0.6 is 0 Å². The topological polar surface area (TPSA) is 123 Å². The number of esters is 1. The molecular weight excluding hydrogens is 388 g/mol. The van der Waals surface area contributed by atoms with Crippen molar-refractivity contribution in [3.8, 4) is 11.5 Å². The van der Waals surface area contributed by atoms with Gasteiger partial charge >= 0.3 is 12.0 Å². The summed E-state index contributed by atoms with van der Waals surface area (Å²) in [6.07, 6.45) is 0. The fraction of sp³-hybridized carbons (Fsp3) is 0.190. The lowest BCUT2D eigenvalue weighted by Crippen LogP contribution is -2.40. The molecule has 0 radical (unpaired) electrons. The molecule has 0 aliphatic carbocycles. The molecule has 1 atom stereocenters. The summed E-state index contributed by atoms with van der Waals surface area (Å²) < 4.78 is 10.3.